The van der Waals surface area contributed by atoms with Gasteiger partial charge < -0.3 is 14.6 Å². The van der Waals surface area contributed by atoms with Gasteiger partial charge in [0.05, 0.1) is 12.4 Å². The van der Waals surface area contributed by atoms with Crippen LogP contribution in [0.3, 0.4) is 0 Å². The third kappa shape index (κ3) is 6.98. The summed E-state index contributed by atoms with van der Waals surface area (Å²) in [7, 11) is 0. The lowest BCUT2D eigenvalue weighted by Gasteiger charge is -2.25. The smallest absolute Gasteiger partial charge is 0.412 e. The molecule has 2 N–H and O–H groups in total. The van der Waals surface area contributed by atoms with Crippen molar-refractivity contribution >= 4 is 30.4 Å². The van der Waals surface area contributed by atoms with E-state index in [4.69, 9.17) is 9.47 Å². The molecule has 0 unspecified atom stereocenters. The van der Waals surface area contributed by atoms with E-state index in [-0.39, 0.29) is 18.3 Å². The summed E-state index contributed by atoms with van der Waals surface area (Å²) >= 11 is 3.84. The van der Waals surface area contributed by atoms with Crippen LogP contribution in [-0.4, -0.2) is 29.5 Å². The second-order valence-electron chi connectivity index (χ2n) is 6.67. The van der Waals surface area contributed by atoms with Crippen molar-refractivity contribution in [3.05, 3.63) is 59.4 Å². The number of benzene rings is 2. The molecule has 2 atom stereocenters. The predicted molar refractivity (Wildman–Crippen MR) is 111 cm³/mol. The summed E-state index contributed by atoms with van der Waals surface area (Å²) in [4.78, 5) is 23.6. The van der Waals surface area contributed by atoms with Crippen LogP contribution in [0.2, 0.25) is 0 Å². The van der Waals surface area contributed by atoms with Crippen molar-refractivity contribution in [3.63, 3.8) is 0 Å². The molecular formula is C21H24FNO5S. The number of ether oxygens (including phenoxy) is 2. The molecule has 0 saturated heterocycles. The maximum absolute atomic E-state index is 13.8. The van der Waals surface area contributed by atoms with Gasteiger partial charge in [0.15, 0.2) is 11.6 Å². The van der Waals surface area contributed by atoms with Gasteiger partial charge in [-0.1, -0.05) is 30.7 Å². The van der Waals surface area contributed by atoms with Gasteiger partial charge in [-0.05, 0) is 43.2 Å². The lowest BCUT2D eigenvalue weighted by molar-refractivity contribution is -0.141. The maximum Gasteiger partial charge on any atom is 0.412 e. The van der Waals surface area contributed by atoms with E-state index < -0.39 is 29.7 Å². The van der Waals surface area contributed by atoms with Gasteiger partial charge in [0, 0.05) is 11.6 Å². The Hall–Kier alpha value is -2.74. The Labute approximate surface area is 174 Å². The Kier molecular flexibility index (Phi) is 8.33. The minimum atomic E-state index is -0.816. The van der Waals surface area contributed by atoms with Gasteiger partial charge in [0.2, 0.25) is 0 Å². The minimum Gasteiger partial charge on any atom is -0.505 e. The third-order valence-electron chi connectivity index (χ3n) is 4.31. The monoisotopic (exact) mass is 421 g/mol. The van der Waals surface area contributed by atoms with Crippen LogP contribution in [0.4, 0.5) is 14.9 Å². The number of phenols is 1. The van der Waals surface area contributed by atoms with E-state index in [2.05, 4.69) is 17.9 Å². The lowest BCUT2D eigenvalue weighted by atomic mass is 9.94. The van der Waals surface area contributed by atoms with Gasteiger partial charge >= 0.3 is 12.1 Å². The summed E-state index contributed by atoms with van der Waals surface area (Å²) in [6, 6.07) is 11.0. The summed E-state index contributed by atoms with van der Waals surface area (Å²) in [6.45, 7) is 3.84. The number of halogens is 1. The first kappa shape index (κ1) is 22.5. The summed E-state index contributed by atoms with van der Waals surface area (Å²) in [5.41, 5.74) is 1.99. The maximum atomic E-state index is 13.8. The number of carbonyl (C=O) groups is 2. The quantitative estimate of drug-likeness (QED) is 0.428. The van der Waals surface area contributed by atoms with Crippen LogP contribution in [-0.2, 0) is 14.3 Å². The van der Waals surface area contributed by atoms with Crippen molar-refractivity contribution in [1.29, 1.82) is 0 Å². The number of amides is 1. The number of esters is 1. The third-order valence-corrected chi connectivity index (χ3v) is 4.57. The number of anilines is 1. The number of nitrogens with one attached hydrogen (secondary N) is 1. The fraction of sp³-hybridized carbons (Fsp3) is 0.333. The Balaban J connectivity index is 2.12. The molecule has 0 aromatic heterocycles. The van der Waals surface area contributed by atoms with Crippen LogP contribution in [0, 0.1) is 18.7 Å². The highest BCUT2D eigenvalue weighted by atomic mass is 32.1. The highest BCUT2D eigenvalue weighted by molar-refractivity contribution is 7.81. The van der Waals surface area contributed by atoms with E-state index >= 15 is 0 Å². The summed E-state index contributed by atoms with van der Waals surface area (Å²) < 4.78 is 24.4. The van der Waals surface area contributed by atoms with Crippen LogP contribution < -0.4 is 5.32 Å². The van der Waals surface area contributed by atoms with E-state index in [9.17, 15) is 19.1 Å². The molecule has 0 aliphatic rings. The molecule has 6 nitrogen and oxygen atoms in total. The van der Waals surface area contributed by atoms with Crippen LogP contribution in [0.25, 0.3) is 0 Å². The summed E-state index contributed by atoms with van der Waals surface area (Å²) in [5.74, 6) is -2.09. The lowest BCUT2D eigenvalue weighted by Crippen LogP contribution is -2.23. The van der Waals surface area contributed by atoms with Gasteiger partial charge in [0.1, 0.15) is 6.10 Å². The highest BCUT2D eigenvalue weighted by Gasteiger charge is 2.25. The van der Waals surface area contributed by atoms with Crippen LogP contribution in [0.5, 0.6) is 5.75 Å². The highest BCUT2D eigenvalue weighted by Crippen LogP contribution is 2.31. The normalized spacial score (nSPS) is 12.7. The minimum absolute atomic E-state index is 0.0313. The van der Waals surface area contributed by atoms with Gasteiger partial charge in [-0.15, -0.1) is 0 Å². The Morgan fingerprint density at radius 3 is 2.52 bits per heavy atom. The van der Waals surface area contributed by atoms with Gasteiger partial charge in [-0.25, -0.2) is 9.18 Å². The van der Waals surface area contributed by atoms with Crippen LogP contribution in [0.1, 0.15) is 30.6 Å². The molecule has 0 aliphatic heterocycles. The van der Waals surface area contributed by atoms with Crippen molar-refractivity contribution in [3.8, 4) is 5.75 Å². The zero-order chi connectivity index (χ0) is 21.4. The fourth-order valence-corrected chi connectivity index (χ4v) is 2.76. The summed E-state index contributed by atoms with van der Waals surface area (Å²) in [5, 5.41) is 12.1. The van der Waals surface area contributed by atoms with Crippen molar-refractivity contribution < 1.29 is 28.6 Å². The fourth-order valence-electron chi connectivity index (χ4n) is 2.67. The number of aromatic hydroxyl groups is 1. The van der Waals surface area contributed by atoms with E-state index in [1.54, 1.807) is 19.1 Å². The first-order chi connectivity index (χ1) is 13.8. The Morgan fingerprint density at radius 2 is 1.90 bits per heavy atom. The number of phenolic OH excluding ortho intramolecular Hbond substituents is 1. The summed E-state index contributed by atoms with van der Waals surface area (Å²) in [6.07, 6.45) is -1.14. The van der Waals surface area contributed by atoms with Crippen molar-refractivity contribution in [2.75, 3.05) is 17.7 Å². The standard InChI is InChI=1S/C21H24FNO5S/c1-13-3-6-16(7-4-13)23-21(26)28-20(14(2)9-10-27-19(25)12-29)15-5-8-18(24)17(22)11-15/h3-8,11,14,20,24,29H,9-10,12H2,1-2H3,(H,23,26)/t14-,20-/m0/s1. The zero-order valence-electron chi connectivity index (χ0n) is 16.2. The van der Waals surface area contributed by atoms with Crippen molar-refractivity contribution in [2.24, 2.45) is 5.92 Å². The number of thiol groups is 1. The second-order valence-corrected chi connectivity index (χ2v) is 6.99. The topological polar surface area (TPSA) is 84.9 Å². The average Bonchev–Trinajstić information content (AvgIpc) is 2.69. The van der Waals surface area contributed by atoms with E-state index in [0.29, 0.717) is 17.7 Å². The predicted octanol–water partition coefficient (Wildman–Crippen LogP) is 4.63. The van der Waals surface area contributed by atoms with Gasteiger partial charge in [-0.3, -0.25) is 10.1 Å². The largest absolute Gasteiger partial charge is 0.505 e. The van der Waals surface area contributed by atoms with Crippen LogP contribution in [0.15, 0.2) is 42.5 Å². The van der Waals surface area contributed by atoms with E-state index in [1.807, 2.05) is 19.1 Å². The molecule has 0 heterocycles. The van der Waals surface area contributed by atoms with Gasteiger partial charge in [-0.2, -0.15) is 12.6 Å². The molecule has 29 heavy (non-hydrogen) atoms. The molecule has 8 heteroatoms. The molecular weight excluding hydrogens is 397 g/mol. The van der Waals surface area contributed by atoms with E-state index in [1.165, 1.54) is 12.1 Å². The molecule has 0 radical (unpaired) electrons. The van der Waals surface area contributed by atoms with Crippen LogP contribution >= 0.6 is 12.6 Å². The molecule has 0 saturated carbocycles. The SMILES string of the molecule is Cc1ccc(NC(=O)O[C@H](c2ccc(O)c(F)c2)[C@@H](C)CCOC(=O)CS)cc1. The molecule has 1 amide bonds. The molecule has 0 bridgehead atoms. The Morgan fingerprint density at radius 1 is 1.21 bits per heavy atom. The molecule has 156 valence electrons. The number of aryl methyl sites for hydroxylation is 1. The second kappa shape index (κ2) is 10.7. The van der Waals surface area contributed by atoms with Crippen molar-refractivity contribution in [1.82, 2.24) is 0 Å². The van der Waals surface area contributed by atoms with Gasteiger partial charge in [0.25, 0.3) is 0 Å². The molecule has 0 aliphatic carbocycles. The molecule has 2 aromatic rings. The van der Waals surface area contributed by atoms with Crippen molar-refractivity contribution in [2.45, 2.75) is 26.4 Å². The first-order valence-corrected chi connectivity index (χ1v) is 9.72. The zero-order valence-corrected chi connectivity index (χ0v) is 17.1. The molecule has 2 aromatic carbocycles. The molecule has 2 rings (SSSR count). The number of rotatable bonds is 8. The number of hydrogen-bond donors (Lipinski definition) is 3. The molecule has 0 fully saturated rings. The Bertz CT molecular complexity index is 843. The first-order valence-electron chi connectivity index (χ1n) is 9.09. The average molecular weight is 421 g/mol. The molecule has 0 spiro atoms. The number of carbonyl (C=O) groups excluding carboxylic acids is 2. The van der Waals surface area contributed by atoms with E-state index in [0.717, 1.165) is 11.6 Å². The number of hydrogen-bond acceptors (Lipinski definition) is 6.